The molecule has 1 aliphatic rings. The molecule has 8 heteroatoms. The normalized spacial score (nSPS) is 18.0. The number of hydrogen-bond acceptors (Lipinski definition) is 5. The van der Waals surface area contributed by atoms with Crippen molar-refractivity contribution in [3.8, 4) is 5.88 Å². The molecule has 1 aromatic heterocycles. The van der Waals surface area contributed by atoms with Crippen molar-refractivity contribution in [2.45, 2.75) is 32.4 Å². The summed E-state index contributed by atoms with van der Waals surface area (Å²) in [7, 11) is 0. The van der Waals surface area contributed by atoms with Crippen LogP contribution in [0.5, 0.6) is 5.88 Å². The van der Waals surface area contributed by atoms with Crippen molar-refractivity contribution in [2.75, 3.05) is 6.61 Å². The van der Waals surface area contributed by atoms with Gasteiger partial charge in [0.25, 0.3) is 0 Å². The van der Waals surface area contributed by atoms with Crippen LogP contribution < -0.4 is 20.7 Å². The van der Waals surface area contributed by atoms with E-state index in [0.717, 1.165) is 5.56 Å². The van der Waals surface area contributed by atoms with E-state index in [9.17, 15) is 14.4 Å². The summed E-state index contributed by atoms with van der Waals surface area (Å²) in [5.74, 6) is -0.276. The Hall–Kier alpha value is -2.64. The Morgan fingerprint density at radius 1 is 1.50 bits per heavy atom. The molecule has 1 fully saturated rings. The fourth-order valence-electron chi connectivity index (χ4n) is 2.06. The molecule has 2 rings (SSSR count). The molecule has 1 aliphatic heterocycles. The van der Waals surface area contributed by atoms with Gasteiger partial charge in [-0.1, -0.05) is 6.07 Å². The van der Waals surface area contributed by atoms with E-state index in [-0.39, 0.29) is 25.3 Å². The largest absolute Gasteiger partial charge is 0.478 e. The molecule has 0 radical (unpaired) electrons. The summed E-state index contributed by atoms with van der Waals surface area (Å²) in [4.78, 5) is 38.8. The van der Waals surface area contributed by atoms with Gasteiger partial charge in [-0.15, -0.1) is 0 Å². The van der Waals surface area contributed by atoms with Gasteiger partial charge in [0.2, 0.25) is 17.7 Å². The SMILES string of the molecule is CCOc1ncccc1CNC(=O)[C@@H]1CCC(=O)NC(=O)N1. The van der Waals surface area contributed by atoms with E-state index < -0.39 is 18.0 Å². The molecule has 22 heavy (non-hydrogen) atoms. The molecule has 4 amide bonds. The number of rotatable bonds is 5. The molecule has 8 nitrogen and oxygen atoms in total. The average molecular weight is 306 g/mol. The Morgan fingerprint density at radius 3 is 3.09 bits per heavy atom. The number of carbonyl (C=O) groups excluding carboxylic acids is 3. The van der Waals surface area contributed by atoms with Crippen LogP contribution >= 0.6 is 0 Å². The number of carbonyl (C=O) groups is 3. The summed E-state index contributed by atoms with van der Waals surface area (Å²) >= 11 is 0. The van der Waals surface area contributed by atoms with Gasteiger partial charge in [0, 0.05) is 24.7 Å². The molecular formula is C14H18N4O4. The molecule has 0 aromatic carbocycles. The van der Waals surface area contributed by atoms with Crippen molar-refractivity contribution in [1.82, 2.24) is 20.9 Å². The second-order valence-electron chi connectivity index (χ2n) is 4.73. The van der Waals surface area contributed by atoms with Crippen molar-refractivity contribution < 1.29 is 19.1 Å². The molecule has 0 bridgehead atoms. The summed E-state index contributed by atoms with van der Waals surface area (Å²) < 4.78 is 5.38. The number of aromatic nitrogens is 1. The lowest BCUT2D eigenvalue weighted by molar-refractivity contribution is -0.123. The second-order valence-corrected chi connectivity index (χ2v) is 4.73. The van der Waals surface area contributed by atoms with E-state index >= 15 is 0 Å². The van der Waals surface area contributed by atoms with E-state index in [4.69, 9.17) is 4.74 Å². The minimum atomic E-state index is -0.737. The van der Waals surface area contributed by atoms with E-state index in [1.165, 1.54) is 0 Å². The summed E-state index contributed by atoms with van der Waals surface area (Å²) in [5.41, 5.74) is 0.742. The van der Waals surface area contributed by atoms with E-state index in [1.54, 1.807) is 18.3 Å². The molecule has 2 heterocycles. The third-order valence-electron chi connectivity index (χ3n) is 3.12. The van der Waals surface area contributed by atoms with Gasteiger partial charge >= 0.3 is 6.03 Å². The summed E-state index contributed by atoms with van der Waals surface area (Å²) in [5, 5.41) is 7.30. The van der Waals surface area contributed by atoms with Crippen LogP contribution in [0.2, 0.25) is 0 Å². The Kier molecular flexibility index (Phi) is 5.29. The Balaban J connectivity index is 1.95. The lowest BCUT2D eigenvalue weighted by Gasteiger charge is -2.15. The lowest BCUT2D eigenvalue weighted by atomic mass is 10.1. The van der Waals surface area contributed by atoms with Crippen LogP contribution in [0, 0.1) is 0 Å². The Morgan fingerprint density at radius 2 is 2.32 bits per heavy atom. The van der Waals surface area contributed by atoms with Crippen molar-refractivity contribution in [2.24, 2.45) is 0 Å². The predicted octanol–water partition coefficient (Wildman–Crippen LogP) is 0.0847. The number of imide groups is 1. The topological polar surface area (TPSA) is 109 Å². The number of amides is 4. The highest BCUT2D eigenvalue weighted by molar-refractivity contribution is 5.98. The first kappa shape index (κ1) is 15.7. The zero-order valence-electron chi connectivity index (χ0n) is 12.2. The smallest absolute Gasteiger partial charge is 0.322 e. The van der Waals surface area contributed by atoms with Crippen LogP contribution in [-0.2, 0) is 16.1 Å². The zero-order valence-corrected chi connectivity index (χ0v) is 12.2. The van der Waals surface area contributed by atoms with Gasteiger partial charge in [-0.25, -0.2) is 9.78 Å². The van der Waals surface area contributed by atoms with E-state index in [1.807, 2.05) is 6.92 Å². The lowest BCUT2D eigenvalue weighted by Crippen LogP contribution is -2.48. The monoisotopic (exact) mass is 306 g/mol. The Bertz CT molecular complexity index is 576. The van der Waals surface area contributed by atoms with Crippen molar-refractivity contribution in [1.29, 1.82) is 0 Å². The maximum atomic E-state index is 12.1. The zero-order chi connectivity index (χ0) is 15.9. The van der Waals surface area contributed by atoms with Crippen LogP contribution in [-0.4, -0.2) is 35.5 Å². The number of nitrogens with one attached hydrogen (secondary N) is 3. The highest BCUT2D eigenvalue weighted by atomic mass is 16.5. The molecule has 0 spiro atoms. The van der Waals surface area contributed by atoms with Crippen LogP contribution in [0.1, 0.15) is 25.3 Å². The molecule has 1 aromatic rings. The number of nitrogens with zero attached hydrogens (tertiary/aromatic N) is 1. The van der Waals surface area contributed by atoms with Gasteiger partial charge in [-0.3, -0.25) is 14.9 Å². The Labute approximate surface area is 127 Å². The minimum Gasteiger partial charge on any atom is -0.478 e. The van der Waals surface area contributed by atoms with Crippen LogP contribution in [0.3, 0.4) is 0 Å². The van der Waals surface area contributed by atoms with E-state index in [2.05, 4.69) is 20.9 Å². The number of ether oxygens (including phenoxy) is 1. The molecular weight excluding hydrogens is 288 g/mol. The van der Waals surface area contributed by atoms with Gasteiger partial charge in [0.1, 0.15) is 6.04 Å². The minimum absolute atomic E-state index is 0.119. The van der Waals surface area contributed by atoms with Crippen molar-refractivity contribution >= 4 is 17.8 Å². The molecule has 1 saturated heterocycles. The van der Waals surface area contributed by atoms with Gasteiger partial charge in [0.15, 0.2) is 0 Å². The first-order chi connectivity index (χ1) is 10.6. The third-order valence-corrected chi connectivity index (χ3v) is 3.12. The van der Waals surface area contributed by atoms with Crippen LogP contribution in [0.4, 0.5) is 4.79 Å². The van der Waals surface area contributed by atoms with Gasteiger partial charge in [0.05, 0.1) is 6.61 Å². The standard InChI is InChI=1S/C14H18N4O4/c1-2-22-13-9(4-3-7-15-13)8-16-12(20)10-5-6-11(19)18-14(21)17-10/h3-4,7,10H,2,5-6,8H2,1H3,(H,16,20)(H2,17,18,19,21)/t10-/m0/s1. The van der Waals surface area contributed by atoms with E-state index in [0.29, 0.717) is 12.5 Å². The molecule has 1 atom stereocenters. The van der Waals surface area contributed by atoms with Gasteiger partial charge < -0.3 is 15.4 Å². The number of urea groups is 1. The molecule has 0 aliphatic carbocycles. The van der Waals surface area contributed by atoms with Gasteiger partial charge in [-0.2, -0.15) is 0 Å². The fraction of sp³-hybridized carbons (Fsp3) is 0.429. The first-order valence-corrected chi connectivity index (χ1v) is 7.05. The second kappa shape index (κ2) is 7.39. The summed E-state index contributed by atoms with van der Waals surface area (Å²) in [6.45, 7) is 2.56. The highest BCUT2D eigenvalue weighted by Crippen LogP contribution is 2.14. The predicted molar refractivity (Wildman–Crippen MR) is 76.9 cm³/mol. The van der Waals surface area contributed by atoms with Crippen molar-refractivity contribution in [3.63, 3.8) is 0 Å². The first-order valence-electron chi connectivity index (χ1n) is 7.05. The van der Waals surface area contributed by atoms with Gasteiger partial charge in [-0.05, 0) is 19.4 Å². The molecule has 0 unspecified atom stereocenters. The fourth-order valence-corrected chi connectivity index (χ4v) is 2.06. The highest BCUT2D eigenvalue weighted by Gasteiger charge is 2.25. The maximum Gasteiger partial charge on any atom is 0.322 e. The molecule has 118 valence electrons. The summed E-state index contributed by atoms with van der Waals surface area (Å²) in [6.07, 6.45) is 1.99. The number of hydrogen-bond donors (Lipinski definition) is 3. The maximum absolute atomic E-state index is 12.1. The van der Waals surface area contributed by atoms with Crippen molar-refractivity contribution in [3.05, 3.63) is 23.9 Å². The average Bonchev–Trinajstić information content (AvgIpc) is 2.67. The van der Waals surface area contributed by atoms with Crippen LogP contribution in [0.15, 0.2) is 18.3 Å². The third kappa shape index (κ3) is 4.18. The molecule has 0 saturated carbocycles. The quantitative estimate of drug-likeness (QED) is 0.714. The molecule has 3 N–H and O–H groups in total. The summed E-state index contributed by atoms with van der Waals surface area (Å²) in [6, 6.07) is 2.16. The van der Waals surface area contributed by atoms with Crippen LogP contribution in [0.25, 0.3) is 0 Å². The number of pyridine rings is 1.